The van der Waals surface area contributed by atoms with Crippen LogP contribution in [0.4, 0.5) is 22.4 Å². The molecule has 2 amide bonds. The van der Waals surface area contributed by atoms with Crippen molar-refractivity contribution >= 4 is 16.1 Å². The summed E-state index contributed by atoms with van der Waals surface area (Å²) in [6.07, 6.45) is -4.76. The molecular formula is C15H19F4N3O3S. The van der Waals surface area contributed by atoms with Gasteiger partial charge in [0.1, 0.15) is 11.1 Å². The smallest absolute Gasteiger partial charge is 0.334 e. The number of hydrogen-bond donors (Lipinski definition) is 1. The summed E-state index contributed by atoms with van der Waals surface area (Å²) in [5.41, 5.74) is 0.433. The standard InChI is InChI=1S/C15H19F4N3O3S/c1-21(2)26(24,25)13-9-22(8-12(13)15(17,18)19)14(23)20-7-10-4-3-5-11(16)6-10/h3-6,12-13H,7-9H2,1-2H3,(H,20,23)/t12-,13-/m1/s1. The van der Waals surface area contributed by atoms with E-state index in [1.165, 1.54) is 18.2 Å². The highest BCUT2D eigenvalue weighted by Crippen LogP contribution is 2.37. The zero-order valence-electron chi connectivity index (χ0n) is 14.1. The molecule has 1 heterocycles. The maximum Gasteiger partial charge on any atom is 0.394 e. The van der Waals surface area contributed by atoms with Crippen LogP contribution in [-0.4, -0.2) is 62.3 Å². The molecule has 0 saturated carbocycles. The van der Waals surface area contributed by atoms with Gasteiger partial charge in [0.15, 0.2) is 0 Å². The molecule has 26 heavy (non-hydrogen) atoms. The molecule has 0 unspecified atom stereocenters. The molecule has 1 N–H and O–H groups in total. The average Bonchev–Trinajstić information content (AvgIpc) is 2.99. The molecule has 1 fully saturated rings. The molecule has 11 heteroatoms. The lowest BCUT2D eigenvalue weighted by Crippen LogP contribution is -2.43. The number of rotatable bonds is 4. The van der Waals surface area contributed by atoms with Crippen molar-refractivity contribution in [3.8, 4) is 0 Å². The second-order valence-electron chi connectivity index (χ2n) is 6.21. The van der Waals surface area contributed by atoms with E-state index >= 15 is 0 Å². The number of sulfonamides is 1. The first-order valence-corrected chi connectivity index (χ1v) is 9.18. The van der Waals surface area contributed by atoms with Crippen molar-refractivity contribution in [2.24, 2.45) is 5.92 Å². The first-order valence-electron chi connectivity index (χ1n) is 7.68. The van der Waals surface area contributed by atoms with Crippen LogP contribution in [0.5, 0.6) is 0 Å². The van der Waals surface area contributed by atoms with E-state index in [9.17, 15) is 30.8 Å². The molecule has 1 aliphatic heterocycles. The predicted molar refractivity (Wildman–Crippen MR) is 86.1 cm³/mol. The van der Waals surface area contributed by atoms with Crippen LogP contribution in [0, 0.1) is 11.7 Å². The van der Waals surface area contributed by atoms with E-state index in [0.717, 1.165) is 23.3 Å². The Morgan fingerprint density at radius 3 is 2.50 bits per heavy atom. The van der Waals surface area contributed by atoms with Gasteiger partial charge in [-0.15, -0.1) is 0 Å². The molecule has 1 saturated heterocycles. The summed E-state index contributed by atoms with van der Waals surface area (Å²) in [4.78, 5) is 13.0. The van der Waals surface area contributed by atoms with Crippen molar-refractivity contribution < 1.29 is 30.8 Å². The van der Waals surface area contributed by atoms with Gasteiger partial charge in [-0.1, -0.05) is 12.1 Å². The molecule has 2 rings (SSSR count). The Morgan fingerprint density at radius 1 is 1.31 bits per heavy atom. The summed E-state index contributed by atoms with van der Waals surface area (Å²) in [7, 11) is -1.91. The molecule has 0 radical (unpaired) electrons. The molecule has 0 bridgehead atoms. The highest BCUT2D eigenvalue weighted by atomic mass is 32.2. The number of nitrogens with one attached hydrogen (secondary N) is 1. The minimum Gasteiger partial charge on any atom is -0.334 e. The molecular weight excluding hydrogens is 378 g/mol. The number of amides is 2. The third-order valence-corrected chi connectivity index (χ3v) is 6.46. The van der Waals surface area contributed by atoms with Crippen molar-refractivity contribution in [3.63, 3.8) is 0 Å². The number of urea groups is 1. The highest BCUT2D eigenvalue weighted by molar-refractivity contribution is 7.89. The van der Waals surface area contributed by atoms with Gasteiger partial charge in [-0.05, 0) is 17.7 Å². The number of likely N-dealkylation sites (tertiary alicyclic amines) is 1. The van der Waals surface area contributed by atoms with Crippen LogP contribution in [0.15, 0.2) is 24.3 Å². The fraction of sp³-hybridized carbons (Fsp3) is 0.533. The van der Waals surface area contributed by atoms with Gasteiger partial charge in [-0.3, -0.25) is 0 Å². The Kier molecular flexibility index (Phi) is 5.81. The number of benzene rings is 1. The fourth-order valence-corrected chi connectivity index (χ4v) is 4.33. The van der Waals surface area contributed by atoms with Crippen LogP contribution < -0.4 is 5.32 Å². The van der Waals surface area contributed by atoms with Crippen molar-refractivity contribution in [1.29, 1.82) is 0 Å². The SMILES string of the molecule is CN(C)S(=O)(=O)[C@@H]1CN(C(=O)NCc2cccc(F)c2)C[C@H]1C(F)(F)F. The molecule has 1 aromatic rings. The van der Waals surface area contributed by atoms with E-state index in [1.54, 1.807) is 6.07 Å². The van der Waals surface area contributed by atoms with Crippen LogP contribution in [0.3, 0.4) is 0 Å². The average molecular weight is 397 g/mol. The van der Waals surface area contributed by atoms with Gasteiger partial charge < -0.3 is 10.2 Å². The lowest BCUT2D eigenvalue weighted by atomic mass is 10.1. The predicted octanol–water partition coefficient (Wildman–Crippen LogP) is 1.79. The fourth-order valence-electron chi connectivity index (χ4n) is 2.76. The van der Waals surface area contributed by atoms with Gasteiger partial charge in [0.05, 0.1) is 5.92 Å². The zero-order chi connectivity index (χ0) is 19.7. The largest absolute Gasteiger partial charge is 0.394 e. The Bertz CT molecular complexity index is 768. The van der Waals surface area contributed by atoms with Gasteiger partial charge in [0.25, 0.3) is 0 Å². The van der Waals surface area contributed by atoms with Crippen molar-refractivity contribution in [2.75, 3.05) is 27.2 Å². The first kappa shape index (κ1) is 20.4. The monoisotopic (exact) mass is 397 g/mol. The minimum atomic E-state index is -4.76. The number of alkyl halides is 3. The van der Waals surface area contributed by atoms with Crippen molar-refractivity contribution in [1.82, 2.24) is 14.5 Å². The van der Waals surface area contributed by atoms with E-state index in [2.05, 4.69) is 5.32 Å². The molecule has 146 valence electrons. The van der Waals surface area contributed by atoms with E-state index in [1.807, 2.05) is 0 Å². The van der Waals surface area contributed by atoms with Crippen LogP contribution in [0.2, 0.25) is 0 Å². The number of halogens is 4. The Balaban J connectivity index is 2.11. The summed E-state index contributed by atoms with van der Waals surface area (Å²) in [5.74, 6) is -2.68. The molecule has 0 spiro atoms. The van der Waals surface area contributed by atoms with Crippen LogP contribution >= 0.6 is 0 Å². The number of carbonyl (C=O) groups is 1. The lowest BCUT2D eigenvalue weighted by molar-refractivity contribution is -0.169. The van der Waals surface area contributed by atoms with E-state index in [-0.39, 0.29) is 6.54 Å². The normalized spacial score (nSPS) is 21.3. The summed E-state index contributed by atoms with van der Waals surface area (Å²) in [5, 5.41) is 0.620. The quantitative estimate of drug-likeness (QED) is 0.788. The Morgan fingerprint density at radius 2 is 1.96 bits per heavy atom. The van der Waals surface area contributed by atoms with E-state index in [4.69, 9.17) is 0 Å². The van der Waals surface area contributed by atoms with Crippen LogP contribution in [0.1, 0.15) is 5.56 Å². The molecule has 6 nitrogen and oxygen atoms in total. The number of hydrogen-bond acceptors (Lipinski definition) is 3. The van der Waals surface area contributed by atoms with Gasteiger partial charge in [0.2, 0.25) is 10.0 Å². The van der Waals surface area contributed by atoms with Gasteiger partial charge >= 0.3 is 12.2 Å². The maximum absolute atomic E-state index is 13.3. The van der Waals surface area contributed by atoms with Crippen LogP contribution in [0.25, 0.3) is 0 Å². The third kappa shape index (κ3) is 4.44. The molecule has 1 aliphatic rings. The Hall–Kier alpha value is -1.88. The maximum atomic E-state index is 13.3. The number of nitrogens with zero attached hydrogens (tertiary/aromatic N) is 2. The van der Waals surface area contributed by atoms with Gasteiger partial charge in [-0.25, -0.2) is 21.9 Å². The summed E-state index contributed by atoms with van der Waals surface area (Å²) < 4.78 is 78.0. The first-order chi connectivity index (χ1) is 11.9. The molecule has 0 aromatic heterocycles. The molecule has 2 atom stereocenters. The summed E-state index contributed by atoms with van der Waals surface area (Å²) in [6, 6.07) is 4.55. The Labute approximate surface area is 148 Å². The summed E-state index contributed by atoms with van der Waals surface area (Å²) >= 11 is 0. The number of carbonyl (C=O) groups excluding carboxylic acids is 1. The third-order valence-electron chi connectivity index (χ3n) is 4.20. The van der Waals surface area contributed by atoms with E-state index < -0.39 is 52.3 Å². The van der Waals surface area contributed by atoms with Gasteiger partial charge in [-0.2, -0.15) is 13.2 Å². The molecule has 1 aromatic carbocycles. The topological polar surface area (TPSA) is 69.7 Å². The highest BCUT2D eigenvalue weighted by Gasteiger charge is 2.55. The molecule has 0 aliphatic carbocycles. The van der Waals surface area contributed by atoms with E-state index in [0.29, 0.717) is 5.56 Å². The minimum absolute atomic E-state index is 0.0884. The zero-order valence-corrected chi connectivity index (χ0v) is 14.9. The second-order valence-corrected chi connectivity index (χ2v) is 8.57. The second kappa shape index (κ2) is 7.39. The van der Waals surface area contributed by atoms with Gasteiger partial charge in [0, 0.05) is 33.7 Å². The van der Waals surface area contributed by atoms with Crippen molar-refractivity contribution in [2.45, 2.75) is 18.0 Å². The summed E-state index contributed by atoms with van der Waals surface area (Å²) in [6.45, 7) is -1.41. The van der Waals surface area contributed by atoms with Crippen LogP contribution in [-0.2, 0) is 16.6 Å². The van der Waals surface area contributed by atoms with Crippen molar-refractivity contribution in [3.05, 3.63) is 35.6 Å². The lowest BCUT2D eigenvalue weighted by Gasteiger charge is -2.23.